The van der Waals surface area contributed by atoms with Crippen LogP contribution in [0.4, 0.5) is 0 Å². The first kappa shape index (κ1) is 12.2. The minimum Gasteiger partial charge on any atom is -0.0619 e. The average Bonchev–Trinajstić information content (AvgIpc) is 3.06. The molecule has 102 valence electrons. The van der Waals surface area contributed by atoms with E-state index in [1.165, 1.54) is 42.4 Å². The standard InChI is InChI=1S/C20H22/c1-14(2)15-9-10-17-16-7-3-4-8-18(16)20(19(17)13-15)11-5-6-12-20/h3-4,7-10,13-14H,5-6,11-12H2,1-2H3. The summed E-state index contributed by atoms with van der Waals surface area (Å²) in [5, 5.41) is 0. The van der Waals surface area contributed by atoms with Gasteiger partial charge in [-0.1, -0.05) is 69.2 Å². The molecule has 2 aromatic rings. The molecule has 1 fully saturated rings. The zero-order chi connectivity index (χ0) is 13.7. The molecule has 20 heavy (non-hydrogen) atoms. The van der Waals surface area contributed by atoms with Crippen LogP contribution < -0.4 is 0 Å². The van der Waals surface area contributed by atoms with Gasteiger partial charge in [0, 0.05) is 5.41 Å². The molecule has 4 rings (SSSR count). The lowest BCUT2D eigenvalue weighted by molar-refractivity contribution is 0.549. The first-order chi connectivity index (χ1) is 9.72. The summed E-state index contributed by atoms with van der Waals surface area (Å²) < 4.78 is 0. The minimum absolute atomic E-state index is 0.330. The molecule has 0 saturated heterocycles. The summed E-state index contributed by atoms with van der Waals surface area (Å²) in [7, 11) is 0. The number of fused-ring (bicyclic) bond motifs is 5. The highest BCUT2D eigenvalue weighted by atomic mass is 14.5. The van der Waals surface area contributed by atoms with Gasteiger partial charge in [0.1, 0.15) is 0 Å². The molecule has 1 saturated carbocycles. The maximum atomic E-state index is 2.51. The molecule has 0 heterocycles. The van der Waals surface area contributed by atoms with E-state index in [4.69, 9.17) is 0 Å². The highest BCUT2D eigenvalue weighted by molar-refractivity contribution is 5.81. The Kier molecular flexibility index (Phi) is 2.57. The summed E-state index contributed by atoms with van der Waals surface area (Å²) >= 11 is 0. The first-order valence-electron chi connectivity index (χ1n) is 7.97. The van der Waals surface area contributed by atoms with Crippen molar-refractivity contribution in [1.82, 2.24) is 0 Å². The number of hydrogen-bond acceptors (Lipinski definition) is 0. The van der Waals surface area contributed by atoms with Gasteiger partial charge in [0.2, 0.25) is 0 Å². The Labute approximate surface area is 121 Å². The van der Waals surface area contributed by atoms with Gasteiger partial charge >= 0.3 is 0 Å². The number of hydrogen-bond donors (Lipinski definition) is 0. The van der Waals surface area contributed by atoms with Crippen molar-refractivity contribution < 1.29 is 0 Å². The first-order valence-corrected chi connectivity index (χ1v) is 7.97. The van der Waals surface area contributed by atoms with Crippen molar-refractivity contribution in [1.29, 1.82) is 0 Å². The maximum absolute atomic E-state index is 2.51. The largest absolute Gasteiger partial charge is 0.0619 e. The van der Waals surface area contributed by atoms with Gasteiger partial charge in [-0.25, -0.2) is 0 Å². The monoisotopic (exact) mass is 262 g/mol. The van der Waals surface area contributed by atoms with Crippen molar-refractivity contribution in [3.8, 4) is 11.1 Å². The Bertz CT molecular complexity index is 657. The summed E-state index contributed by atoms with van der Waals surface area (Å²) in [5.74, 6) is 0.613. The molecule has 2 aliphatic carbocycles. The molecule has 0 heteroatoms. The predicted octanol–water partition coefficient (Wildman–Crippen LogP) is 5.65. The molecule has 0 aliphatic heterocycles. The summed E-state index contributed by atoms with van der Waals surface area (Å²) in [6.45, 7) is 4.59. The summed E-state index contributed by atoms with van der Waals surface area (Å²) in [4.78, 5) is 0. The van der Waals surface area contributed by atoms with Crippen LogP contribution in [0.25, 0.3) is 11.1 Å². The summed E-state index contributed by atoms with van der Waals surface area (Å²) in [6, 6.07) is 16.3. The second-order valence-corrected chi connectivity index (χ2v) is 6.79. The van der Waals surface area contributed by atoms with E-state index in [2.05, 4.69) is 56.3 Å². The van der Waals surface area contributed by atoms with E-state index in [-0.39, 0.29) is 0 Å². The Morgan fingerprint density at radius 2 is 1.55 bits per heavy atom. The van der Waals surface area contributed by atoms with Crippen LogP contribution in [0.5, 0.6) is 0 Å². The minimum atomic E-state index is 0.330. The number of rotatable bonds is 1. The van der Waals surface area contributed by atoms with Crippen molar-refractivity contribution in [2.75, 3.05) is 0 Å². The summed E-state index contributed by atoms with van der Waals surface area (Å²) in [6.07, 6.45) is 5.41. The third-order valence-electron chi connectivity index (χ3n) is 5.42. The molecule has 0 amide bonds. The van der Waals surface area contributed by atoms with Crippen molar-refractivity contribution in [3.63, 3.8) is 0 Å². The van der Waals surface area contributed by atoms with Crippen LogP contribution >= 0.6 is 0 Å². The molecule has 0 unspecified atom stereocenters. The third kappa shape index (κ3) is 1.48. The lowest BCUT2D eigenvalue weighted by Gasteiger charge is -2.27. The average molecular weight is 262 g/mol. The highest BCUT2D eigenvalue weighted by Crippen LogP contribution is 2.56. The molecule has 0 nitrogen and oxygen atoms in total. The molecular weight excluding hydrogens is 240 g/mol. The Morgan fingerprint density at radius 3 is 2.30 bits per heavy atom. The molecular formula is C20H22. The number of benzene rings is 2. The SMILES string of the molecule is CC(C)c1ccc2c(c1)C1(CCCC1)c1ccccc1-2. The molecule has 0 N–H and O–H groups in total. The Hall–Kier alpha value is -1.56. The van der Waals surface area contributed by atoms with Crippen LogP contribution in [0, 0.1) is 0 Å². The van der Waals surface area contributed by atoms with Gasteiger partial charge in [-0.3, -0.25) is 0 Å². The van der Waals surface area contributed by atoms with Crippen LogP contribution in [0.1, 0.15) is 62.1 Å². The van der Waals surface area contributed by atoms with Crippen molar-refractivity contribution in [2.45, 2.75) is 50.9 Å². The van der Waals surface area contributed by atoms with Crippen LogP contribution in [0.3, 0.4) is 0 Å². The normalized spacial score (nSPS) is 18.6. The quantitative estimate of drug-likeness (QED) is 0.623. The third-order valence-corrected chi connectivity index (χ3v) is 5.42. The molecule has 0 atom stereocenters. The zero-order valence-corrected chi connectivity index (χ0v) is 12.4. The van der Waals surface area contributed by atoms with E-state index in [1.807, 2.05) is 0 Å². The van der Waals surface area contributed by atoms with Gasteiger partial charge in [-0.15, -0.1) is 0 Å². The van der Waals surface area contributed by atoms with Crippen molar-refractivity contribution in [2.24, 2.45) is 0 Å². The fraction of sp³-hybridized carbons (Fsp3) is 0.400. The molecule has 0 aromatic heterocycles. The predicted molar refractivity (Wildman–Crippen MR) is 85.2 cm³/mol. The summed E-state index contributed by atoms with van der Waals surface area (Å²) in [5.41, 5.74) is 8.00. The Balaban J connectivity index is 2.00. The van der Waals surface area contributed by atoms with Crippen LogP contribution in [-0.2, 0) is 5.41 Å². The van der Waals surface area contributed by atoms with Gasteiger partial charge < -0.3 is 0 Å². The van der Waals surface area contributed by atoms with Gasteiger partial charge in [0.05, 0.1) is 0 Å². The molecule has 1 spiro atoms. The van der Waals surface area contributed by atoms with Crippen molar-refractivity contribution >= 4 is 0 Å². The fourth-order valence-electron chi connectivity index (χ4n) is 4.35. The topological polar surface area (TPSA) is 0 Å². The van der Waals surface area contributed by atoms with Crippen LogP contribution in [-0.4, -0.2) is 0 Å². The smallest absolute Gasteiger partial charge is 0.0215 e. The Morgan fingerprint density at radius 1 is 0.850 bits per heavy atom. The molecule has 0 radical (unpaired) electrons. The van der Waals surface area contributed by atoms with Gasteiger partial charge in [-0.05, 0) is 46.6 Å². The van der Waals surface area contributed by atoms with Crippen LogP contribution in [0.15, 0.2) is 42.5 Å². The lowest BCUT2D eigenvalue weighted by atomic mass is 9.76. The second-order valence-electron chi connectivity index (χ2n) is 6.79. The van der Waals surface area contributed by atoms with Gasteiger partial charge in [0.25, 0.3) is 0 Å². The molecule has 2 aliphatic rings. The fourth-order valence-corrected chi connectivity index (χ4v) is 4.35. The second kappa shape index (κ2) is 4.22. The molecule has 2 aromatic carbocycles. The van der Waals surface area contributed by atoms with E-state index >= 15 is 0 Å². The maximum Gasteiger partial charge on any atom is 0.0215 e. The molecule has 0 bridgehead atoms. The van der Waals surface area contributed by atoms with E-state index in [0.29, 0.717) is 11.3 Å². The lowest BCUT2D eigenvalue weighted by Crippen LogP contribution is -2.20. The zero-order valence-electron chi connectivity index (χ0n) is 12.4. The van der Waals surface area contributed by atoms with Gasteiger partial charge in [0.15, 0.2) is 0 Å². The van der Waals surface area contributed by atoms with E-state index in [9.17, 15) is 0 Å². The van der Waals surface area contributed by atoms with E-state index < -0.39 is 0 Å². The van der Waals surface area contributed by atoms with Gasteiger partial charge in [-0.2, -0.15) is 0 Å². The highest BCUT2D eigenvalue weighted by Gasteiger charge is 2.44. The van der Waals surface area contributed by atoms with E-state index in [0.717, 1.165) is 0 Å². The van der Waals surface area contributed by atoms with E-state index in [1.54, 1.807) is 11.1 Å². The van der Waals surface area contributed by atoms with Crippen molar-refractivity contribution in [3.05, 3.63) is 59.2 Å². The van der Waals surface area contributed by atoms with Crippen LogP contribution in [0.2, 0.25) is 0 Å².